The number of carbonyl (C=O) groups is 1. The highest BCUT2D eigenvalue weighted by atomic mass is 16.1. The van der Waals surface area contributed by atoms with Gasteiger partial charge in [0.25, 0.3) is 0 Å². The average Bonchev–Trinajstić information content (AvgIpc) is 3.07. The lowest BCUT2D eigenvalue weighted by Gasteiger charge is -2.20. The van der Waals surface area contributed by atoms with Crippen LogP contribution >= 0.6 is 0 Å². The first-order valence-corrected chi connectivity index (χ1v) is 9.85. The molecule has 2 aromatic heterocycles. The fourth-order valence-electron chi connectivity index (χ4n) is 4.27. The van der Waals surface area contributed by atoms with Gasteiger partial charge in [-0.3, -0.25) is 4.79 Å². The largest absolute Gasteiger partial charge is 0.377 e. The smallest absolute Gasteiger partial charge is 0.212 e. The van der Waals surface area contributed by atoms with Gasteiger partial charge in [0.05, 0.1) is 23.8 Å². The Bertz CT molecular complexity index is 1220. The number of ketones is 1. The standard InChI is InChI=1S/C24H22N4O/c1-27(2)22-19-13-12-17-10-6-7-11-18(17)23(29)21(19)26-24-20(22)14-25-28(24)15-16-8-4-3-5-9-16/h3-11,14H,12-13,15H2,1-2H3. The Kier molecular flexibility index (Phi) is 4.16. The monoisotopic (exact) mass is 382 g/mol. The minimum atomic E-state index is 0.00515. The predicted octanol–water partition coefficient (Wildman–Crippen LogP) is 3.88. The van der Waals surface area contributed by atoms with Crippen LogP contribution in [-0.2, 0) is 19.4 Å². The molecule has 0 bridgehead atoms. The van der Waals surface area contributed by atoms with Gasteiger partial charge in [-0.15, -0.1) is 0 Å². The van der Waals surface area contributed by atoms with Crippen LogP contribution in [0.15, 0.2) is 60.8 Å². The number of hydrogen-bond donors (Lipinski definition) is 0. The normalized spacial score (nSPS) is 13.1. The van der Waals surface area contributed by atoms with Crippen LogP contribution in [0.1, 0.15) is 32.7 Å². The molecule has 0 fully saturated rings. The van der Waals surface area contributed by atoms with Gasteiger partial charge in [-0.25, -0.2) is 9.67 Å². The number of nitrogens with zero attached hydrogens (tertiary/aromatic N) is 4. The molecule has 0 N–H and O–H groups in total. The van der Waals surface area contributed by atoms with Crippen molar-refractivity contribution in [1.82, 2.24) is 14.8 Å². The summed E-state index contributed by atoms with van der Waals surface area (Å²) in [4.78, 5) is 20.4. The van der Waals surface area contributed by atoms with Crippen LogP contribution in [0.4, 0.5) is 5.69 Å². The van der Waals surface area contributed by atoms with Gasteiger partial charge in [-0.05, 0) is 24.0 Å². The van der Waals surface area contributed by atoms with Crippen LogP contribution in [-0.4, -0.2) is 34.6 Å². The second-order valence-corrected chi connectivity index (χ2v) is 7.69. The van der Waals surface area contributed by atoms with E-state index in [2.05, 4.69) is 22.1 Å². The minimum Gasteiger partial charge on any atom is -0.377 e. The van der Waals surface area contributed by atoms with Crippen LogP contribution in [0.5, 0.6) is 0 Å². The van der Waals surface area contributed by atoms with E-state index in [0.717, 1.165) is 51.8 Å². The molecule has 0 unspecified atom stereocenters. The van der Waals surface area contributed by atoms with E-state index in [9.17, 15) is 4.79 Å². The SMILES string of the molecule is CN(C)c1c2c(nc3c1cnn3Cc1ccccc1)C(=O)c1ccccc1CC2. The van der Waals surface area contributed by atoms with Crippen molar-refractivity contribution in [2.45, 2.75) is 19.4 Å². The van der Waals surface area contributed by atoms with E-state index in [1.165, 1.54) is 0 Å². The van der Waals surface area contributed by atoms with Gasteiger partial charge >= 0.3 is 0 Å². The fourth-order valence-corrected chi connectivity index (χ4v) is 4.27. The van der Waals surface area contributed by atoms with Gasteiger partial charge in [0.15, 0.2) is 5.65 Å². The molecule has 2 heterocycles. The Morgan fingerprint density at radius 1 is 1.00 bits per heavy atom. The molecule has 1 aliphatic rings. The highest BCUT2D eigenvalue weighted by molar-refractivity contribution is 6.12. The molecular weight excluding hydrogens is 360 g/mol. The average molecular weight is 382 g/mol. The Morgan fingerprint density at radius 3 is 2.55 bits per heavy atom. The van der Waals surface area contributed by atoms with E-state index >= 15 is 0 Å². The van der Waals surface area contributed by atoms with Crippen LogP contribution < -0.4 is 4.90 Å². The molecule has 5 rings (SSSR count). The summed E-state index contributed by atoms with van der Waals surface area (Å²) >= 11 is 0. The molecule has 0 saturated heterocycles. The molecule has 5 nitrogen and oxygen atoms in total. The molecule has 1 aliphatic carbocycles. The summed E-state index contributed by atoms with van der Waals surface area (Å²) in [6.45, 7) is 0.619. The maximum absolute atomic E-state index is 13.4. The van der Waals surface area contributed by atoms with E-state index in [0.29, 0.717) is 12.2 Å². The Hall–Kier alpha value is -3.47. The molecule has 0 amide bonds. The van der Waals surface area contributed by atoms with Crippen LogP contribution in [0, 0.1) is 0 Å². The summed E-state index contributed by atoms with van der Waals surface area (Å²) in [6, 6.07) is 18.1. The lowest BCUT2D eigenvalue weighted by molar-refractivity contribution is 0.103. The molecule has 0 aliphatic heterocycles. The highest BCUT2D eigenvalue weighted by Gasteiger charge is 2.28. The number of rotatable bonds is 3. The molecule has 0 spiro atoms. The van der Waals surface area contributed by atoms with Crippen LogP contribution in [0.2, 0.25) is 0 Å². The Morgan fingerprint density at radius 2 is 1.76 bits per heavy atom. The third-order valence-corrected chi connectivity index (χ3v) is 5.60. The minimum absolute atomic E-state index is 0.00515. The summed E-state index contributed by atoms with van der Waals surface area (Å²) < 4.78 is 1.89. The predicted molar refractivity (Wildman–Crippen MR) is 115 cm³/mol. The molecule has 0 saturated carbocycles. The lowest BCUT2D eigenvalue weighted by Crippen LogP contribution is -2.17. The summed E-state index contributed by atoms with van der Waals surface area (Å²) in [5.41, 5.74) is 6.38. The summed E-state index contributed by atoms with van der Waals surface area (Å²) in [7, 11) is 4.04. The highest BCUT2D eigenvalue weighted by Crippen LogP contribution is 2.35. The number of anilines is 1. The summed E-state index contributed by atoms with van der Waals surface area (Å²) in [5, 5.41) is 5.60. The molecule has 5 heteroatoms. The molecule has 4 aromatic rings. The number of hydrogen-bond acceptors (Lipinski definition) is 4. The zero-order valence-electron chi connectivity index (χ0n) is 16.6. The van der Waals surface area contributed by atoms with Gasteiger partial charge in [0.1, 0.15) is 5.69 Å². The van der Waals surface area contributed by atoms with Gasteiger partial charge in [0.2, 0.25) is 5.78 Å². The maximum Gasteiger partial charge on any atom is 0.212 e. The Labute approximate surface area is 169 Å². The van der Waals surface area contributed by atoms with E-state index in [1.54, 1.807) is 0 Å². The summed E-state index contributed by atoms with van der Waals surface area (Å²) in [6.07, 6.45) is 3.50. The van der Waals surface area contributed by atoms with E-state index in [4.69, 9.17) is 4.98 Å². The number of carbonyl (C=O) groups excluding carboxylic acids is 1. The third kappa shape index (κ3) is 2.90. The second-order valence-electron chi connectivity index (χ2n) is 7.69. The van der Waals surface area contributed by atoms with Gasteiger partial charge in [0, 0.05) is 25.2 Å². The van der Waals surface area contributed by atoms with E-state index < -0.39 is 0 Å². The number of pyridine rings is 1. The molecule has 2 aromatic carbocycles. The zero-order chi connectivity index (χ0) is 20.0. The molecular formula is C24H22N4O. The van der Waals surface area contributed by atoms with Crippen molar-refractivity contribution in [2.75, 3.05) is 19.0 Å². The van der Waals surface area contributed by atoms with Crippen molar-refractivity contribution in [3.63, 3.8) is 0 Å². The van der Waals surface area contributed by atoms with Crippen molar-refractivity contribution >= 4 is 22.5 Å². The number of aromatic nitrogens is 3. The summed E-state index contributed by atoms with van der Waals surface area (Å²) in [5.74, 6) is 0.00515. The fraction of sp³-hybridized carbons (Fsp3) is 0.208. The first-order chi connectivity index (χ1) is 14.1. The molecule has 0 radical (unpaired) electrons. The number of aryl methyl sites for hydroxylation is 1. The molecule has 0 atom stereocenters. The van der Waals surface area contributed by atoms with E-state index in [-0.39, 0.29) is 5.78 Å². The van der Waals surface area contributed by atoms with Crippen molar-refractivity contribution < 1.29 is 4.79 Å². The van der Waals surface area contributed by atoms with Gasteiger partial charge in [-0.1, -0.05) is 54.6 Å². The molecule has 144 valence electrons. The van der Waals surface area contributed by atoms with Crippen LogP contribution in [0.3, 0.4) is 0 Å². The van der Waals surface area contributed by atoms with E-state index in [1.807, 2.05) is 67.4 Å². The quantitative estimate of drug-likeness (QED) is 0.540. The van der Waals surface area contributed by atoms with Gasteiger partial charge in [-0.2, -0.15) is 5.10 Å². The van der Waals surface area contributed by atoms with Crippen molar-refractivity contribution in [3.8, 4) is 0 Å². The zero-order valence-corrected chi connectivity index (χ0v) is 16.6. The number of benzene rings is 2. The van der Waals surface area contributed by atoms with Crippen molar-refractivity contribution in [3.05, 3.63) is 88.7 Å². The van der Waals surface area contributed by atoms with Crippen LogP contribution in [0.25, 0.3) is 11.0 Å². The van der Waals surface area contributed by atoms with Gasteiger partial charge < -0.3 is 4.90 Å². The Balaban J connectivity index is 1.73. The topological polar surface area (TPSA) is 51.0 Å². The lowest BCUT2D eigenvalue weighted by atomic mass is 10.0. The van der Waals surface area contributed by atoms with Crippen molar-refractivity contribution in [2.24, 2.45) is 0 Å². The first-order valence-electron chi connectivity index (χ1n) is 9.85. The third-order valence-electron chi connectivity index (χ3n) is 5.60. The van der Waals surface area contributed by atoms with Crippen molar-refractivity contribution in [1.29, 1.82) is 0 Å². The number of fused-ring (bicyclic) bond motifs is 3. The first kappa shape index (κ1) is 17.6. The maximum atomic E-state index is 13.4. The molecule has 29 heavy (non-hydrogen) atoms. The second kappa shape index (κ2) is 6.85.